The molecule has 9 heteroatoms. The molecule has 2 aromatic heterocycles. The van der Waals surface area contributed by atoms with Crippen molar-refractivity contribution in [3.63, 3.8) is 0 Å². The largest absolute Gasteiger partial charge is 0.465 e. The molecule has 4 rings (SSSR count). The summed E-state index contributed by atoms with van der Waals surface area (Å²) in [6.45, 7) is 4.67. The number of amides is 1. The highest BCUT2D eigenvalue weighted by atomic mass is 79.9. The lowest BCUT2D eigenvalue weighted by molar-refractivity contribution is 0.0599. The highest BCUT2D eigenvalue weighted by molar-refractivity contribution is 9.10. The van der Waals surface area contributed by atoms with Crippen molar-refractivity contribution < 1.29 is 14.3 Å². The van der Waals surface area contributed by atoms with Crippen molar-refractivity contribution >= 4 is 33.5 Å². The first-order valence-electron chi connectivity index (χ1n) is 10.6. The first-order valence-corrected chi connectivity index (χ1v) is 11.4. The Kier molecular flexibility index (Phi) is 6.93. The van der Waals surface area contributed by atoms with Crippen molar-refractivity contribution in [3.8, 4) is 0 Å². The van der Waals surface area contributed by atoms with Gasteiger partial charge in [0.05, 0.1) is 53.5 Å². The van der Waals surface area contributed by atoms with Crippen LogP contribution in [0.25, 0.3) is 0 Å². The van der Waals surface area contributed by atoms with Gasteiger partial charge in [-0.1, -0.05) is 30.3 Å². The third kappa shape index (κ3) is 5.09. The van der Waals surface area contributed by atoms with E-state index < -0.39 is 5.97 Å². The minimum Gasteiger partial charge on any atom is -0.465 e. The number of halogens is 1. The second kappa shape index (κ2) is 10.0. The fraction of sp³-hybridized carbons (Fsp3) is 0.200. The first kappa shape index (κ1) is 23.4. The normalized spacial score (nSPS) is 10.8. The van der Waals surface area contributed by atoms with Crippen LogP contribution in [0.15, 0.2) is 65.4 Å². The standard InChI is InChI=1S/C25H24BrN5O3/c1-16-23(17(2)31(29-16)14-20-8-4-5-10-22(20)25(33)34-3)28-24(32)19-9-6-7-18(11-19)13-30-15-21(26)12-27-30/h4-12,15H,13-14H2,1-3H3,(H,28,32). The molecule has 0 spiro atoms. The van der Waals surface area contributed by atoms with Crippen LogP contribution in [-0.2, 0) is 17.8 Å². The number of hydrogen-bond acceptors (Lipinski definition) is 5. The third-order valence-electron chi connectivity index (χ3n) is 5.50. The van der Waals surface area contributed by atoms with E-state index in [-0.39, 0.29) is 5.91 Å². The highest BCUT2D eigenvalue weighted by Crippen LogP contribution is 2.23. The predicted octanol–water partition coefficient (Wildman–Crippen LogP) is 4.59. The molecular weight excluding hydrogens is 498 g/mol. The van der Waals surface area contributed by atoms with Crippen LogP contribution in [0.1, 0.15) is 43.2 Å². The van der Waals surface area contributed by atoms with Crippen LogP contribution in [0.5, 0.6) is 0 Å². The molecule has 1 N–H and O–H groups in total. The summed E-state index contributed by atoms with van der Waals surface area (Å²) in [7, 11) is 1.36. The van der Waals surface area contributed by atoms with E-state index in [1.807, 2.05) is 50.4 Å². The maximum atomic E-state index is 13.0. The minimum atomic E-state index is -0.395. The number of ether oxygens (including phenoxy) is 1. The molecule has 0 bridgehead atoms. The second-order valence-corrected chi connectivity index (χ2v) is 8.78. The van der Waals surface area contributed by atoms with Crippen LogP contribution in [0, 0.1) is 13.8 Å². The molecular formula is C25H24BrN5O3. The molecule has 0 aliphatic heterocycles. The van der Waals surface area contributed by atoms with Gasteiger partial charge in [0.2, 0.25) is 0 Å². The number of aryl methyl sites for hydroxylation is 1. The van der Waals surface area contributed by atoms with E-state index in [1.165, 1.54) is 7.11 Å². The molecule has 0 atom stereocenters. The lowest BCUT2D eigenvalue weighted by Gasteiger charge is -2.10. The SMILES string of the molecule is COC(=O)c1ccccc1Cn1nc(C)c(NC(=O)c2cccc(Cn3cc(Br)cn3)c2)c1C. The summed E-state index contributed by atoms with van der Waals surface area (Å²) in [5.74, 6) is -0.614. The van der Waals surface area contributed by atoms with Crippen LogP contribution >= 0.6 is 15.9 Å². The predicted molar refractivity (Wildman–Crippen MR) is 132 cm³/mol. The van der Waals surface area contributed by atoms with Gasteiger partial charge in [0, 0.05) is 11.8 Å². The lowest BCUT2D eigenvalue weighted by atomic mass is 10.1. The maximum absolute atomic E-state index is 13.0. The molecule has 0 aliphatic carbocycles. The fourth-order valence-electron chi connectivity index (χ4n) is 3.77. The van der Waals surface area contributed by atoms with Crippen LogP contribution in [0.2, 0.25) is 0 Å². The van der Waals surface area contributed by atoms with Gasteiger partial charge in [0.15, 0.2) is 0 Å². The monoisotopic (exact) mass is 521 g/mol. The zero-order chi connectivity index (χ0) is 24.2. The first-order chi connectivity index (χ1) is 16.4. The van der Waals surface area contributed by atoms with Gasteiger partial charge in [-0.05, 0) is 59.1 Å². The molecule has 0 aliphatic rings. The quantitative estimate of drug-likeness (QED) is 0.359. The van der Waals surface area contributed by atoms with Gasteiger partial charge in [-0.15, -0.1) is 0 Å². The molecule has 2 heterocycles. The zero-order valence-electron chi connectivity index (χ0n) is 19.1. The molecule has 34 heavy (non-hydrogen) atoms. The van der Waals surface area contributed by atoms with Crippen LogP contribution in [0.4, 0.5) is 5.69 Å². The number of carbonyl (C=O) groups is 2. The van der Waals surface area contributed by atoms with E-state index in [0.29, 0.717) is 35.6 Å². The molecule has 0 saturated heterocycles. The average Bonchev–Trinajstić information content (AvgIpc) is 3.36. The lowest BCUT2D eigenvalue weighted by Crippen LogP contribution is -2.14. The Morgan fingerprint density at radius 3 is 2.62 bits per heavy atom. The summed E-state index contributed by atoms with van der Waals surface area (Å²) < 4.78 is 9.37. The number of anilines is 1. The molecule has 0 fully saturated rings. The number of hydrogen-bond donors (Lipinski definition) is 1. The smallest absolute Gasteiger partial charge is 0.338 e. The fourth-order valence-corrected chi connectivity index (χ4v) is 4.10. The Morgan fingerprint density at radius 2 is 1.88 bits per heavy atom. The van der Waals surface area contributed by atoms with Crippen molar-refractivity contribution in [3.05, 3.63) is 99.0 Å². The van der Waals surface area contributed by atoms with Gasteiger partial charge < -0.3 is 10.1 Å². The summed E-state index contributed by atoms with van der Waals surface area (Å²) in [6.07, 6.45) is 3.61. The number of esters is 1. The van der Waals surface area contributed by atoms with Crippen molar-refractivity contribution in [2.24, 2.45) is 0 Å². The van der Waals surface area contributed by atoms with E-state index in [4.69, 9.17) is 4.74 Å². The van der Waals surface area contributed by atoms with Gasteiger partial charge in [-0.3, -0.25) is 14.2 Å². The van der Waals surface area contributed by atoms with E-state index in [0.717, 1.165) is 21.3 Å². The maximum Gasteiger partial charge on any atom is 0.338 e. The summed E-state index contributed by atoms with van der Waals surface area (Å²) in [5.41, 5.74) is 4.93. The number of rotatable bonds is 7. The zero-order valence-corrected chi connectivity index (χ0v) is 20.7. The summed E-state index contributed by atoms with van der Waals surface area (Å²) >= 11 is 3.39. The summed E-state index contributed by atoms with van der Waals surface area (Å²) in [6, 6.07) is 14.7. The number of benzene rings is 2. The summed E-state index contributed by atoms with van der Waals surface area (Å²) in [5, 5.41) is 11.9. The van der Waals surface area contributed by atoms with Gasteiger partial charge >= 0.3 is 5.97 Å². The van der Waals surface area contributed by atoms with Gasteiger partial charge in [-0.25, -0.2) is 4.79 Å². The number of nitrogens with zero attached hydrogens (tertiary/aromatic N) is 4. The van der Waals surface area contributed by atoms with Crippen molar-refractivity contribution in [1.82, 2.24) is 19.6 Å². The highest BCUT2D eigenvalue weighted by Gasteiger charge is 2.18. The van der Waals surface area contributed by atoms with Gasteiger partial charge in [0.25, 0.3) is 5.91 Å². The molecule has 2 aromatic carbocycles. The van der Waals surface area contributed by atoms with Crippen molar-refractivity contribution in [2.75, 3.05) is 12.4 Å². The number of methoxy groups -OCH3 is 1. The second-order valence-electron chi connectivity index (χ2n) is 7.86. The van der Waals surface area contributed by atoms with E-state index >= 15 is 0 Å². The topological polar surface area (TPSA) is 91.0 Å². The molecule has 174 valence electrons. The molecule has 0 radical (unpaired) electrons. The number of carbonyl (C=O) groups excluding carboxylic acids is 2. The van der Waals surface area contributed by atoms with E-state index in [1.54, 1.807) is 33.8 Å². The molecule has 4 aromatic rings. The Balaban J connectivity index is 1.53. The molecule has 8 nitrogen and oxygen atoms in total. The van der Waals surface area contributed by atoms with Crippen molar-refractivity contribution in [1.29, 1.82) is 0 Å². The Hall–Kier alpha value is -3.72. The van der Waals surface area contributed by atoms with E-state index in [2.05, 4.69) is 31.4 Å². The Morgan fingerprint density at radius 1 is 1.09 bits per heavy atom. The Bertz CT molecular complexity index is 1360. The van der Waals surface area contributed by atoms with Crippen LogP contribution in [-0.4, -0.2) is 38.5 Å². The number of aromatic nitrogens is 4. The minimum absolute atomic E-state index is 0.218. The number of nitrogens with one attached hydrogen (secondary N) is 1. The van der Waals surface area contributed by atoms with Gasteiger partial charge in [-0.2, -0.15) is 10.2 Å². The van der Waals surface area contributed by atoms with Gasteiger partial charge in [0.1, 0.15) is 0 Å². The van der Waals surface area contributed by atoms with Crippen LogP contribution in [0.3, 0.4) is 0 Å². The summed E-state index contributed by atoms with van der Waals surface area (Å²) in [4.78, 5) is 25.1. The van der Waals surface area contributed by atoms with Crippen LogP contribution < -0.4 is 5.32 Å². The molecule has 0 unspecified atom stereocenters. The third-order valence-corrected chi connectivity index (χ3v) is 5.91. The average molecular weight is 522 g/mol. The van der Waals surface area contributed by atoms with Crippen molar-refractivity contribution in [2.45, 2.75) is 26.9 Å². The van der Waals surface area contributed by atoms with E-state index in [9.17, 15) is 9.59 Å². The Labute approximate surface area is 205 Å². The molecule has 1 amide bonds. The molecule has 0 saturated carbocycles.